The predicted octanol–water partition coefficient (Wildman–Crippen LogP) is 4.95. The smallest absolute Gasteiger partial charge is 0.410 e. The molecule has 0 fully saturated rings. The van der Waals surface area contributed by atoms with Crippen molar-refractivity contribution in [2.24, 2.45) is 0 Å². The second-order valence-corrected chi connectivity index (χ2v) is 10.4. The van der Waals surface area contributed by atoms with E-state index in [0.717, 1.165) is 4.31 Å². The van der Waals surface area contributed by atoms with Crippen LogP contribution < -0.4 is 8.61 Å². The van der Waals surface area contributed by atoms with Crippen molar-refractivity contribution in [3.63, 3.8) is 0 Å². The molecule has 0 N–H and O–H groups in total. The Hall–Kier alpha value is -2.95. The van der Waals surface area contributed by atoms with Gasteiger partial charge in [-0.3, -0.25) is 4.31 Å². The highest BCUT2D eigenvalue weighted by Crippen LogP contribution is 2.46. The fourth-order valence-corrected chi connectivity index (χ4v) is 5.20. The molecule has 1 aliphatic heterocycles. The van der Waals surface area contributed by atoms with Crippen LogP contribution in [0.4, 0.5) is 35.0 Å². The molecule has 0 saturated carbocycles. The first-order chi connectivity index (χ1) is 15.3. The number of halogens is 3. The molecule has 3 rings (SSSR count). The van der Waals surface area contributed by atoms with Crippen molar-refractivity contribution >= 4 is 33.4 Å². The topological polar surface area (TPSA) is 70.2 Å². The van der Waals surface area contributed by atoms with Gasteiger partial charge in [-0.25, -0.2) is 22.3 Å². The van der Waals surface area contributed by atoms with Gasteiger partial charge in [0.15, 0.2) is 11.6 Å². The largest absolute Gasteiger partial charge is 0.444 e. The number of ether oxygens (including phenoxy) is 1. The normalized spacial score (nSPS) is 14.9. The van der Waals surface area contributed by atoms with Gasteiger partial charge in [-0.2, -0.15) is 8.42 Å². The van der Waals surface area contributed by atoms with E-state index in [-0.39, 0.29) is 17.9 Å². The Kier molecular flexibility index (Phi) is 6.83. The summed E-state index contributed by atoms with van der Waals surface area (Å²) in [5.41, 5.74) is -1.18. The zero-order valence-corrected chi connectivity index (χ0v) is 19.6. The molecule has 0 aliphatic carbocycles. The van der Waals surface area contributed by atoms with E-state index in [1.165, 1.54) is 17.0 Å². The van der Waals surface area contributed by atoms with Crippen molar-refractivity contribution in [3.05, 3.63) is 53.8 Å². The number of hydrogen-bond donors (Lipinski definition) is 0. The quantitative estimate of drug-likeness (QED) is 0.543. The Bertz CT molecular complexity index is 1130. The van der Waals surface area contributed by atoms with Crippen LogP contribution in [0.1, 0.15) is 33.6 Å². The number of carbonyl (C=O) groups excluding carboxylic acids is 1. The van der Waals surface area contributed by atoms with Crippen molar-refractivity contribution in [1.29, 1.82) is 0 Å². The SMILES string of the molecule is CN(CCCCN1c2ccccc2N(c2c(F)cc(F)cc2F)S1(=O)=O)C(=O)OC(C)(C)C. The van der Waals surface area contributed by atoms with Crippen LogP contribution in [-0.4, -0.2) is 45.1 Å². The number of rotatable bonds is 6. The molecular weight excluding hydrogens is 459 g/mol. The minimum atomic E-state index is -4.38. The second-order valence-electron chi connectivity index (χ2n) is 8.66. The summed E-state index contributed by atoms with van der Waals surface area (Å²) in [7, 11) is -2.80. The lowest BCUT2D eigenvalue weighted by molar-refractivity contribution is 0.0296. The molecule has 0 saturated heterocycles. The lowest BCUT2D eigenvalue weighted by Crippen LogP contribution is -2.37. The molecule has 1 amide bonds. The van der Waals surface area contributed by atoms with Crippen LogP contribution in [0.3, 0.4) is 0 Å². The van der Waals surface area contributed by atoms with Gasteiger partial charge in [0.2, 0.25) is 0 Å². The number of carbonyl (C=O) groups is 1. The highest BCUT2D eigenvalue weighted by Gasteiger charge is 2.43. The first kappa shape index (κ1) is 24.7. The Morgan fingerprint density at radius 3 is 2.18 bits per heavy atom. The molecule has 2 aromatic rings. The molecule has 1 heterocycles. The van der Waals surface area contributed by atoms with Crippen LogP contribution in [0.2, 0.25) is 0 Å². The minimum absolute atomic E-state index is 0.0163. The molecule has 11 heteroatoms. The molecule has 0 spiro atoms. The third-order valence-corrected chi connectivity index (χ3v) is 6.65. The summed E-state index contributed by atoms with van der Waals surface area (Å²) in [6.07, 6.45) is 0.335. The van der Waals surface area contributed by atoms with Crippen molar-refractivity contribution in [2.75, 3.05) is 28.7 Å². The zero-order valence-electron chi connectivity index (χ0n) is 18.8. The van der Waals surface area contributed by atoms with E-state index < -0.39 is 45.0 Å². The standard InChI is InChI=1S/C22H26F3N3O4S/c1-22(2,3)32-21(29)26(4)11-7-8-12-27-18-9-5-6-10-19(18)28(33(27,30)31)20-16(24)13-15(23)14-17(20)25/h5-6,9-10,13-14H,7-8,11-12H2,1-4H3. The monoisotopic (exact) mass is 485 g/mol. The van der Waals surface area contributed by atoms with Gasteiger partial charge in [-0.05, 0) is 45.7 Å². The van der Waals surface area contributed by atoms with Crippen LogP contribution in [0, 0.1) is 17.5 Å². The molecule has 180 valence electrons. The molecule has 1 aliphatic rings. The molecule has 33 heavy (non-hydrogen) atoms. The fraction of sp³-hybridized carbons (Fsp3) is 0.409. The first-order valence-electron chi connectivity index (χ1n) is 10.3. The fourth-order valence-electron chi connectivity index (χ4n) is 3.43. The molecule has 0 aromatic heterocycles. The number of benzene rings is 2. The molecule has 0 atom stereocenters. The van der Waals surface area contributed by atoms with Gasteiger partial charge in [0, 0.05) is 32.3 Å². The van der Waals surface area contributed by atoms with Crippen LogP contribution >= 0.6 is 0 Å². The van der Waals surface area contributed by atoms with Crippen molar-refractivity contribution in [3.8, 4) is 0 Å². The molecular formula is C22H26F3N3O4S. The lowest BCUT2D eigenvalue weighted by Gasteiger charge is -2.25. The molecule has 0 unspecified atom stereocenters. The molecule has 2 aromatic carbocycles. The maximum atomic E-state index is 14.5. The zero-order chi connectivity index (χ0) is 24.6. The summed E-state index contributed by atoms with van der Waals surface area (Å²) < 4.78 is 75.7. The van der Waals surface area contributed by atoms with Gasteiger partial charge in [0.25, 0.3) is 0 Å². The maximum Gasteiger partial charge on any atom is 0.410 e. The van der Waals surface area contributed by atoms with E-state index in [4.69, 9.17) is 4.74 Å². The van der Waals surface area contributed by atoms with Crippen molar-refractivity contribution < 1.29 is 31.1 Å². The lowest BCUT2D eigenvalue weighted by atomic mass is 10.2. The summed E-state index contributed by atoms with van der Waals surface area (Å²) in [4.78, 5) is 13.5. The number of anilines is 3. The number of amides is 1. The Morgan fingerprint density at radius 1 is 1.03 bits per heavy atom. The summed E-state index contributed by atoms with van der Waals surface area (Å²) in [5, 5.41) is 0. The highest BCUT2D eigenvalue weighted by molar-refractivity contribution is 7.95. The number of unbranched alkanes of at least 4 members (excludes halogenated alkanes) is 1. The van der Waals surface area contributed by atoms with Gasteiger partial charge in [-0.1, -0.05) is 12.1 Å². The summed E-state index contributed by atoms with van der Waals surface area (Å²) in [5.74, 6) is -3.80. The number of para-hydroxylation sites is 2. The Morgan fingerprint density at radius 2 is 1.61 bits per heavy atom. The summed E-state index contributed by atoms with van der Waals surface area (Å²) >= 11 is 0. The van der Waals surface area contributed by atoms with Crippen LogP contribution in [0.5, 0.6) is 0 Å². The van der Waals surface area contributed by atoms with E-state index >= 15 is 0 Å². The molecule has 0 bridgehead atoms. The van der Waals surface area contributed by atoms with Crippen LogP contribution in [0.25, 0.3) is 0 Å². The van der Waals surface area contributed by atoms with E-state index in [1.807, 2.05) is 0 Å². The average molecular weight is 486 g/mol. The predicted molar refractivity (Wildman–Crippen MR) is 119 cm³/mol. The van der Waals surface area contributed by atoms with Gasteiger partial charge >= 0.3 is 16.3 Å². The minimum Gasteiger partial charge on any atom is -0.444 e. The maximum absolute atomic E-state index is 14.5. The third-order valence-electron chi connectivity index (χ3n) is 4.87. The number of fused-ring (bicyclic) bond motifs is 1. The van der Waals surface area contributed by atoms with Crippen molar-refractivity contribution in [1.82, 2.24) is 4.90 Å². The van der Waals surface area contributed by atoms with E-state index in [1.54, 1.807) is 40.0 Å². The van der Waals surface area contributed by atoms with Gasteiger partial charge in [-0.15, -0.1) is 0 Å². The number of hydrogen-bond acceptors (Lipinski definition) is 4. The summed E-state index contributed by atoms with van der Waals surface area (Å²) in [6, 6.07) is 6.97. The third kappa shape index (κ3) is 5.18. The van der Waals surface area contributed by atoms with Gasteiger partial charge in [0.1, 0.15) is 17.1 Å². The second kappa shape index (κ2) is 9.12. The average Bonchev–Trinajstić information content (AvgIpc) is 2.90. The van der Waals surface area contributed by atoms with Crippen LogP contribution in [-0.2, 0) is 14.9 Å². The van der Waals surface area contributed by atoms with Gasteiger partial charge in [0.05, 0.1) is 11.4 Å². The Labute approximate surface area is 191 Å². The molecule has 0 radical (unpaired) electrons. The Balaban J connectivity index is 1.78. The first-order valence-corrected chi connectivity index (χ1v) is 11.7. The summed E-state index contributed by atoms with van der Waals surface area (Å²) in [6.45, 7) is 5.62. The molecule has 7 nitrogen and oxygen atoms in total. The van der Waals surface area contributed by atoms with Crippen molar-refractivity contribution in [2.45, 2.75) is 39.2 Å². The highest BCUT2D eigenvalue weighted by atomic mass is 32.2. The van der Waals surface area contributed by atoms with E-state index in [0.29, 0.717) is 35.8 Å². The van der Waals surface area contributed by atoms with E-state index in [9.17, 15) is 26.4 Å². The van der Waals surface area contributed by atoms with E-state index in [2.05, 4.69) is 0 Å². The number of nitrogens with zero attached hydrogens (tertiary/aromatic N) is 3. The van der Waals surface area contributed by atoms with Crippen LogP contribution in [0.15, 0.2) is 36.4 Å². The van der Waals surface area contributed by atoms with Gasteiger partial charge < -0.3 is 9.64 Å².